The first-order chi connectivity index (χ1) is 13.1. The fourth-order valence-corrected chi connectivity index (χ4v) is 7.03. The maximum atomic E-state index is 12.8. The third-order valence-corrected chi connectivity index (χ3v) is 9.16. The van der Waals surface area contributed by atoms with Gasteiger partial charge >= 0.3 is 5.97 Å². The van der Waals surface area contributed by atoms with Gasteiger partial charge in [0.1, 0.15) is 4.21 Å². The standard InChI is InChI=1S/C16H22N2O7S3/c17-28(23,24)15-7-11(9-26-15)16(20)25-8-14(19)18(12-3-1-2-4-12)13-5-6-27(21,22)10-13/h7,9,12-13H,1-6,8,10H2,(H2,17,23,24). The Morgan fingerprint density at radius 2 is 1.89 bits per heavy atom. The van der Waals surface area contributed by atoms with Gasteiger partial charge in [0.15, 0.2) is 16.4 Å². The lowest BCUT2D eigenvalue weighted by Crippen LogP contribution is -2.48. The summed E-state index contributed by atoms with van der Waals surface area (Å²) in [6.45, 7) is -0.521. The molecule has 0 aromatic carbocycles. The largest absolute Gasteiger partial charge is 0.452 e. The second kappa shape index (κ2) is 8.09. The van der Waals surface area contributed by atoms with Crippen LogP contribution in [0.1, 0.15) is 42.5 Å². The summed E-state index contributed by atoms with van der Waals surface area (Å²) in [6.07, 6.45) is 3.94. The molecule has 1 atom stereocenters. The fourth-order valence-electron chi connectivity index (χ4n) is 3.74. The molecule has 0 bridgehead atoms. The second-order valence-electron chi connectivity index (χ2n) is 7.07. The number of amides is 1. The molecule has 0 radical (unpaired) electrons. The van der Waals surface area contributed by atoms with E-state index in [-0.39, 0.29) is 27.3 Å². The first kappa shape index (κ1) is 21.2. The Hall–Kier alpha value is -1.50. The molecule has 2 fully saturated rings. The number of primary sulfonamides is 1. The van der Waals surface area contributed by atoms with E-state index in [9.17, 15) is 26.4 Å². The zero-order chi connectivity index (χ0) is 20.5. The van der Waals surface area contributed by atoms with E-state index in [1.807, 2.05) is 0 Å². The summed E-state index contributed by atoms with van der Waals surface area (Å²) in [6, 6.07) is 0.666. The van der Waals surface area contributed by atoms with Crippen LogP contribution in [0.3, 0.4) is 0 Å². The minimum atomic E-state index is -3.91. The zero-order valence-corrected chi connectivity index (χ0v) is 17.5. The van der Waals surface area contributed by atoms with Crippen molar-refractivity contribution in [3.8, 4) is 0 Å². The van der Waals surface area contributed by atoms with Gasteiger partial charge < -0.3 is 9.64 Å². The van der Waals surface area contributed by atoms with Crippen LogP contribution in [0.15, 0.2) is 15.7 Å². The first-order valence-electron chi connectivity index (χ1n) is 8.87. The molecule has 12 heteroatoms. The smallest absolute Gasteiger partial charge is 0.339 e. The van der Waals surface area contributed by atoms with Gasteiger partial charge in [-0.15, -0.1) is 11.3 Å². The summed E-state index contributed by atoms with van der Waals surface area (Å²) in [4.78, 5) is 26.5. The van der Waals surface area contributed by atoms with Crippen LogP contribution in [0.25, 0.3) is 0 Å². The van der Waals surface area contributed by atoms with Crippen molar-refractivity contribution in [2.75, 3.05) is 18.1 Å². The molecule has 1 amide bonds. The van der Waals surface area contributed by atoms with E-state index >= 15 is 0 Å². The minimum Gasteiger partial charge on any atom is -0.452 e. The lowest BCUT2D eigenvalue weighted by atomic mass is 10.1. The van der Waals surface area contributed by atoms with Crippen LogP contribution in [0.2, 0.25) is 0 Å². The number of esters is 1. The molecule has 1 aromatic rings. The molecule has 9 nitrogen and oxygen atoms in total. The molecule has 1 saturated heterocycles. The van der Waals surface area contributed by atoms with Gasteiger partial charge in [-0.05, 0) is 25.3 Å². The number of rotatable bonds is 6. The Balaban J connectivity index is 1.66. The lowest BCUT2D eigenvalue weighted by Gasteiger charge is -2.33. The van der Waals surface area contributed by atoms with Gasteiger partial charge in [-0.2, -0.15) is 0 Å². The number of sulfonamides is 1. The summed E-state index contributed by atoms with van der Waals surface area (Å²) in [5.74, 6) is -1.26. The topological polar surface area (TPSA) is 141 Å². The first-order valence-corrected chi connectivity index (χ1v) is 13.1. The maximum Gasteiger partial charge on any atom is 0.339 e. The predicted molar refractivity (Wildman–Crippen MR) is 102 cm³/mol. The molecule has 1 saturated carbocycles. The third-order valence-electron chi connectivity index (χ3n) is 5.03. The van der Waals surface area contributed by atoms with Crippen LogP contribution in [0.4, 0.5) is 0 Å². The van der Waals surface area contributed by atoms with Gasteiger partial charge in [0.25, 0.3) is 5.91 Å². The van der Waals surface area contributed by atoms with Crippen molar-refractivity contribution < 1.29 is 31.2 Å². The summed E-state index contributed by atoms with van der Waals surface area (Å²) >= 11 is 0.790. The minimum absolute atomic E-state index is 0.00214. The average molecular weight is 451 g/mol. The monoisotopic (exact) mass is 450 g/mol. The SMILES string of the molecule is NS(=O)(=O)c1cc(C(=O)OCC(=O)N(C2CCCC2)C2CCS(=O)(=O)C2)cs1. The van der Waals surface area contributed by atoms with Crippen molar-refractivity contribution in [1.82, 2.24) is 4.90 Å². The Morgan fingerprint density at radius 1 is 1.21 bits per heavy atom. The molecule has 28 heavy (non-hydrogen) atoms. The summed E-state index contributed by atoms with van der Waals surface area (Å²) in [5.41, 5.74) is -0.00214. The number of sulfone groups is 1. The van der Waals surface area contributed by atoms with Gasteiger partial charge in [-0.1, -0.05) is 12.8 Å². The Bertz CT molecular complexity index is 962. The highest BCUT2D eigenvalue weighted by Crippen LogP contribution is 2.29. The van der Waals surface area contributed by atoms with E-state index in [0.29, 0.717) is 6.42 Å². The molecule has 1 aliphatic carbocycles. The number of nitrogens with zero attached hydrogens (tertiary/aromatic N) is 1. The van der Waals surface area contributed by atoms with Crippen molar-refractivity contribution in [1.29, 1.82) is 0 Å². The zero-order valence-electron chi connectivity index (χ0n) is 15.1. The molecular weight excluding hydrogens is 428 g/mol. The molecular formula is C16H22N2O7S3. The Morgan fingerprint density at radius 3 is 2.43 bits per heavy atom. The molecule has 3 rings (SSSR count). The molecule has 2 aliphatic rings. The highest BCUT2D eigenvalue weighted by molar-refractivity contribution is 7.91. The van der Waals surface area contributed by atoms with E-state index in [4.69, 9.17) is 9.88 Å². The second-order valence-corrected chi connectivity index (χ2v) is 12.0. The Kier molecular flexibility index (Phi) is 6.13. The van der Waals surface area contributed by atoms with Gasteiger partial charge in [-0.25, -0.2) is 26.8 Å². The summed E-state index contributed by atoms with van der Waals surface area (Å²) in [7, 11) is -7.07. The van der Waals surface area contributed by atoms with Gasteiger partial charge in [0.05, 0.1) is 17.1 Å². The number of hydrogen-bond acceptors (Lipinski definition) is 8. The van der Waals surface area contributed by atoms with E-state index < -0.39 is 44.4 Å². The van der Waals surface area contributed by atoms with E-state index in [2.05, 4.69) is 0 Å². The number of thiophene rings is 1. The normalized spacial score (nSPS) is 22.2. The summed E-state index contributed by atoms with van der Waals surface area (Å²) < 4.78 is 51.2. The van der Waals surface area contributed by atoms with Gasteiger partial charge in [0, 0.05) is 17.5 Å². The van der Waals surface area contributed by atoms with Crippen LogP contribution in [0.5, 0.6) is 0 Å². The fraction of sp³-hybridized carbons (Fsp3) is 0.625. The van der Waals surface area contributed by atoms with Crippen LogP contribution >= 0.6 is 11.3 Å². The highest BCUT2D eigenvalue weighted by Gasteiger charge is 2.39. The molecule has 156 valence electrons. The lowest BCUT2D eigenvalue weighted by molar-refractivity contribution is -0.139. The molecule has 0 spiro atoms. The number of hydrogen-bond donors (Lipinski definition) is 1. The molecule has 1 aromatic heterocycles. The van der Waals surface area contributed by atoms with Crippen LogP contribution in [-0.4, -0.2) is 63.8 Å². The number of nitrogens with two attached hydrogens (primary N) is 1. The summed E-state index contributed by atoms with van der Waals surface area (Å²) in [5, 5.41) is 6.31. The Labute approximate surface area is 167 Å². The molecule has 2 N–H and O–H groups in total. The van der Waals surface area contributed by atoms with Gasteiger partial charge in [-0.3, -0.25) is 4.79 Å². The molecule has 1 aliphatic heterocycles. The van der Waals surface area contributed by atoms with Crippen LogP contribution in [0, 0.1) is 0 Å². The highest BCUT2D eigenvalue weighted by atomic mass is 32.2. The van der Waals surface area contributed by atoms with E-state index in [1.54, 1.807) is 4.90 Å². The average Bonchev–Trinajstić information content (AvgIpc) is 3.33. The van der Waals surface area contributed by atoms with Crippen molar-refractivity contribution in [2.45, 2.75) is 48.4 Å². The van der Waals surface area contributed by atoms with E-state index in [1.165, 1.54) is 5.38 Å². The van der Waals surface area contributed by atoms with Crippen LogP contribution in [-0.2, 0) is 29.4 Å². The maximum absolute atomic E-state index is 12.8. The third kappa shape index (κ3) is 4.91. The molecule has 1 unspecified atom stereocenters. The number of carbonyl (C=O) groups excluding carboxylic acids is 2. The van der Waals surface area contributed by atoms with E-state index in [0.717, 1.165) is 43.1 Å². The molecule has 2 heterocycles. The predicted octanol–water partition coefficient (Wildman–Crippen LogP) is 0.511. The number of carbonyl (C=O) groups is 2. The quantitative estimate of drug-likeness (QED) is 0.623. The van der Waals surface area contributed by atoms with Crippen molar-refractivity contribution >= 4 is 43.1 Å². The van der Waals surface area contributed by atoms with Crippen molar-refractivity contribution in [2.24, 2.45) is 5.14 Å². The number of ether oxygens (including phenoxy) is 1. The van der Waals surface area contributed by atoms with Crippen molar-refractivity contribution in [3.63, 3.8) is 0 Å². The van der Waals surface area contributed by atoms with Crippen molar-refractivity contribution in [3.05, 3.63) is 17.0 Å². The van der Waals surface area contributed by atoms with Gasteiger partial charge in [0.2, 0.25) is 10.0 Å². The van der Waals surface area contributed by atoms with Crippen LogP contribution < -0.4 is 5.14 Å².